The first-order valence-electron chi connectivity index (χ1n) is 6.23. The van der Waals surface area contributed by atoms with Crippen molar-refractivity contribution in [2.75, 3.05) is 18.4 Å². The molecule has 0 aromatic carbocycles. The van der Waals surface area contributed by atoms with Gasteiger partial charge in [-0.05, 0) is 26.7 Å². The van der Waals surface area contributed by atoms with Crippen LogP contribution in [0.25, 0.3) is 0 Å². The van der Waals surface area contributed by atoms with E-state index in [4.69, 9.17) is 5.73 Å². The predicted octanol–water partition coefficient (Wildman–Crippen LogP) is 1.99. The van der Waals surface area contributed by atoms with E-state index >= 15 is 0 Å². The summed E-state index contributed by atoms with van der Waals surface area (Å²) in [6.07, 6.45) is 5.24. The molecule has 0 amide bonds. The van der Waals surface area contributed by atoms with Crippen LogP contribution in [0.15, 0.2) is 0 Å². The lowest BCUT2D eigenvalue weighted by atomic mass is 10.2. The largest absolute Gasteiger partial charge is 0.381 e. The maximum atomic E-state index is 5.52. The molecule has 0 radical (unpaired) electrons. The van der Waals surface area contributed by atoms with Crippen LogP contribution in [-0.2, 0) is 0 Å². The zero-order valence-electron chi connectivity index (χ0n) is 10.3. The highest BCUT2D eigenvalue weighted by atomic mass is 15.3. The number of nitrogens with zero attached hydrogens (tertiary/aromatic N) is 2. The minimum absolute atomic E-state index is 0.618. The lowest BCUT2D eigenvalue weighted by Crippen LogP contribution is -2.14. The van der Waals surface area contributed by atoms with Crippen molar-refractivity contribution >= 4 is 5.69 Å². The Morgan fingerprint density at radius 2 is 2.06 bits per heavy atom. The summed E-state index contributed by atoms with van der Waals surface area (Å²) >= 11 is 0. The standard InChI is InChI=1S/C12H22N4/c1-9-12(14-8-7-13)10(2)16(15-9)11-5-3-4-6-11/h11,14H,3-8,13H2,1-2H3. The number of nitrogens with two attached hydrogens (primary N) is 1. The fraction of sp³-hybridized carbons (Fsp3) is 0.750. The first-order chi connectivity index (χ1) is 7.74. The summed E-state index contributed by atoms with van der Waals surface area (Å²) in [5.74, 6) is 0. The van der Waals surface area contributed by atoms with E-state index in [1.165, 1.54) is 37.1 Å². The van der Waals surface area contributed by atoms with Gasteiger partial charge in [-0.15, -0.1) is 0 Å². The molecule has 4 nitrogen and oxygen atoms in total. The number of hydrogen-bond donors (Lipinski definition) is 2. The van der Waals surface area contributed by atoms with Crippen LogP contribution < -0.4 is 11.1 Å². The lowest BCUT2D eigenvalue weighted by molar-refractivity contribution is 0.455. The molecule has 1 saturated carbocycles. The molecule has 0 aliphatic heterocycles. The first-order valence-corrected chi connectivity index (χ1v) is 6.23. The van der Waals surface area contributed by atoms with Crippen LogP contribution in [-0.4, -0.2) is 22.9 Å². The number of aryl methyl sites for hydroxylation is 1. The molecule has 90 valence electrons. The average Bonchev–Trinajstić information content (AvgIpc) is 2.86. The van der Waals surface area contributed by atoms with Crippen molar-refractivity contribution < 1.29 is 0 Å². The SMILES string of the molecule is Cc1nn(C2CCCC2)c(C)c1NCCN. The number of nitrogens with one attached hydrogen (secondary N) is 1. The molecule has 0 spiro atoms. The molecule has 1 fully saturated rings. The molecule has 1 aromatic rings. The molecule has 1 aromatic heterocycles. The van der Waals surface area contributed by atoms with Gasteiger partial charge in [0.2, 0.25) is 0 Å². The first kappa shape index (κ1) is 11.5. The monoisotopic (exact) mass is 222 g/mol. The summed E-state index contributed by atoms with van der Waals surface area (Å²) in [4.78, 5) is 0. The molecule has 2 rings (SSSR count). The van der Waals surface area contributed by atoms with Crippen molar-refractivity contribution in [1.82, 2.24) is 9.78 Å². The molecule has 16 heavy (non-hydrogen) atoms. The number of anilines is 1. The molecule has 0 saturated heterocycles. The molecule has 1 heterocycles. The molecule has 3 N–H and O–H groups in total. The Morgan fingerprint density at radius 1 is 1.38 bits per heavy atom. The second kappa shape index (κ2) is 4.87. The molecular weight excluding hydrogens is 200 g/mol. The van der Waals surface area contributed by atoms with Crippen molar-refractivity contribution in [3.05, 3.63) is 11.4 Å². The molecule has 4 heteroatoms. The topological polar surface area (TPSA) is 55.9 Å². The van der Waals surface area contributed by atoms with E-state index in [1.807, 2.05) is 0 Å². The van der Waals surface area contributed by atoms with Crippen molar-refractivity contribution in [3.8, 4) is 0 Å². The molecule has 1 aliphatic rings. The van der Waals surface area contributed by atoms with E-state index in [1.54, 1.807) is 0 Å². The van der Waals surface area contributed by atoms with Gasteiger partial charge in [-0.3, -0.25) is 4.68 Å². The second-order valence-corrected chi connectivity index (χ2v) is 4.64. The van der Waals surface area contributed by atoms with E-state index in [2.05, 4.69) is 28.9 Å². The van der Waals surface area contributed by atoms with E-state index in [-0.39, 0.29) is 0 Å². The third-order valence-corrected chi connectivity index (χ3v) is 3.44. The maximum Gasteiger partial charge on any atom is 0.0828 e. The smallest absolute Gasteiger partial charge is 0.0828 e. The van der Waals surface area contributed by atoms with Gasteiger partial charge in [-0.1, -0.05) is 12.8 Å². The Balaban J connectivity index is 2.19. The van der Waals surface area contributed by atoms with Gasteiger partial charge in [-0.25, -0.2) is 0 Å². The van der Waals surface area contributed by atoms with Gasteiger partial charge in [0.1, 0.15) is 0 Å². The number of hydrogen-bond acceptors (Lipinski definition) is 3. The maximum absolute atomic E-state index is 5.52. The minimum atomic E-state index is 0.618. The fourth-order valence-electron chi connectivity index (χ4n) is 2.62. The number of rotatable bonds is 4. The number of aromatic nitrogens is 2. The third kappa shape index (κ3) is 2.07. The molecule has 0 unspecified atom stereocenters. The Bertz CT molecular complexity index is 350. The van der Waals surface area contributed by atoms with Gasteiger partial charge < -0.3 is 11.1 Å². The van der Waals surface area contributed by atoms with Gasteiger partial charge in [0, 0.05) is 13.1 Å². The zero-order valence-corrected chi connectivity index (χ0v) is 10.3. The fourth-order valence-corrected chi connectivity index (χ4v) is 2.62. The Labute approximate surface area is 97.2 Å². The van der Waals surface area contributed by atoms with Crippen molar-refractivity contribution in [2.24, 2.45) is 5.73 Å². The summed E-state index contributed by atoms with van der Waals surface area (Å²) in [7, 11) is 0. The highest BCUT2D eigenvalue weighted by molar-refractivity contribution is 5.52. The van der Waals surface area contributed by atoms with Crippen molar-refractivity contribution in [3.63, 3.8) is 0 Å². The van der Waals surface area contributed by atoms with Crippen LogP contribution in [0.1, 0.15) is 43.1 Å². The Kier molecular flexibility index (Phi) is 3.49. The molecule has 0 atom stereocenters. The summed E-state index contributed by atoms with van der Waals surface area (Å²) < 4.78 is 2.21. The summed E-state index contributed by atoms with van der Waals surface area (Å²) in [6, 6.07) is 0.618. The van der Waals surface area contributed by atoms with Gasteiger partial charge in [0.15, 0.2) is 0 Å². The highest BCUT2D eigenvalue weighted by Crippen LogP contribution is 2.32. The zero-order chi connectivity index (χ0) is 11.5. The van der Waals surface area contributed by atoms with Gasteiger partial charge in [-0.2, -0.15) is 5.10 Å². The van der Waals surface area contributed by atoms with Gasteiger partial charge in [0.05, 0.1) is 23.1 Å². The van der Waals surface area contributed by atoms with Crippen molar-refractivity contribution in [1.29, 1.82) is 0 Å². The van der Waals surface area contributed by atoms with Crippen LogP contribution >= 0.6 is 0 Å². The normalized spacial score (nSPS) is 16.9. The van der Waals surface area contributed by atoms with Crippen LogP contribution in [0.2, 0.25) is 0 Å². The summed E-state index contributed by atoms with van der Waals surface area (Å²) in [5, 5.41) is 8.02. The van der Waals surface area contributed by atoms with Crippen LogP contribution in [0.3, 0.4) is 0 Å². The molecule has 0 bridgehead atoms. The summed E-state index contributed by atoms with van der Waals surface area (Å²) in [5.41, 5.74) is 9.05. The average molecular weight is 222 g/mol. The van der Waals surface area contributed by atoms with Crippen molar-refractivity contribution in [2.45, 2.75) is 45.6 Å². The van der Waals surface area contributed by atoms with E-state index < -0.39 is 0 Å². The molecular formula is C12H22N4. The van der Waals surface area contributed by atoms with E-state index in [9.17, 15) is 0 Å². The molecule has 1 aliphatic carbocycles. The third-order valence-electron chi connectivity index (χ3n) is 3.44. The van der Waals surface area contributed by atoms with Gasteiger partial charge in [0.25, 0.3) is 0 Å². The van der Waals surface area contributed by atoms with Gasteiger partial charge >= 0.3 is 0 Å². The predicted molar refractivity (Wildman–Crippen MR) is 66.8 cm³/mol. The lowest BCUT2D eigenvalue weighted by Gasteiger charge is -2.12. The quantitative estimate of drug-likeness (QED) is 0.819. The van der Waals surface area contributed by atoms with E-state index in [0.717, 1.165) is 12.2 Å². The second-order valence-electron chi connectivity index (χ2n) is 4.64. The minimum Gasteiger partial charge on any atom is -0.381 e. The van der Waals surface area contributed by atoms with Crippen LogP contribution in [0.5, 0.6) is 0 Å². The van der Waals surface area contributed by atoms with E-state index in [0.29, 0.717) is 12.6 Å². The highest BCUT2D eigenvalue weighted by Gasteiger charge is 2.21. The Hall–Kier alpha value is -1.03. The van der Waals surface area contributed by atoms with Crippen LogP contribution in [0.4, 0.5) is 5.69 Å². The van der Waals surface area contributed by atoms with Crippen LogP contribution in [0, 0.1) is 13.8 Å². The Morgan fingerprint density at radius 3 is 2.69 bits per heavy atom. The summed E-state index contributed by atoms with van der Waals surface area (Å²) in [6.45, 7) is 5.69.